The molecule has 0 saturated heterocycles. The first-order chi connectivity index (χ1) is 8.74. The van der Waals surface area contributed by atoms with Crippen molar-refractivity contribution in [1.82, 2.24) is 5.32 Å². The second kappa shape index (κ2) is 5.49. The van der Waals surface area contributed by atoms with Gasteiger partial charge in [-0.2, -0.15) is 0 Å². The van der Waals surface area contributed by atoms with E-state index in [1.54, 1.807) is 11.3 Å². The highest BCUT2D eigenvalue weighted by Gasteiger charge is 2.27. The van der Waals surface area contributed by atoms with Crippen molar-refractivity contribution in [3.63, 3.8) is 0 Å². The van der Waals surface area contributed by atoms with Crippen LogP contribution in [0.25, 0.3) is 0 Å². The molecule has 2 aliphatic rings. The van der Waals surface area contributed by atoms with E-state index in [9.17, 15) is 5.11 Å². The summed E-state index contributed by atoms with van der Waals surface area (Å²) in [6, 6.07) is 2.58. The minimum atomic E-state index is -0.0911. The molecule has 1 aromatic rings. The van der Waals surface area contributed by atoms with Crippen LogP contribution in [-0.4, -0.2) is 17.8 Å². The van der Waals surface area contributed by atoms with Crippen molar-refractivity contribution >= 4 is 22.9 Å². The number of hydrogen-bond acceptors (Lipinski definition) is 3. The van der Waals surface area contributed by atoms with Gasteiger partial charge < -0.3 is 10.4 Å². The molecule has 0 spiro atoms. The number of aliphatic hydroxyl groups is 1. The summed E-state index contributed by atoms with van der Waals surface area (Å²) >= 11 is 7.85. The van der Waals surface area contributed by atoms with Crippen LogP contribution in [0, 0.1) is 5.92 Å². The summed E-state index contributed by atoms with van der Waals surface area (Å²) < 4.78 is 0.912. The molecule has 2 aliphatic carbocycles. The molecule has 0 aliphatic heterocycles. The standard InChI is InChI=1S/C14H20ClNOS/c15-14-7-10-11(4-2-6-13(10)18-14)16-8-9-3-1-5-12(9)17/h7,9,11-12,16-17H,1-6,8H2. The molecule has 3 atom stereocenters. The number of hydrogen-bond donors (Lipinski definition) is 2. The Hall–Kier alpha value is -0.0900. The quantitative estimate of drug-likeness (QED) is 0.890. The Bertz CT molecular complexity index is 420. The van der Waals surface area contributed by atoms with Crippen molar-refractivity contribution in [2.45, 2.75) is 50.7 Å². The first-order valence-electron chi connectivity index (χ1n) is 6.93. The fourth-order valence-electron chi connectivity index (χ4n) is 3.28. The van der Waals surface area contributed by atoms with Crippen molar-refractivity contribution in [3.05, 3.63) is 20.8 Å². The van der Waals surface area contributed by atoms with E-state index in [-0.39, 0.29) is 6.10 Å². The lowest BCUT2D eigenvalue weighted by molar-refractivity contribution is 0.129. The normalized spacial score (nSPS) is 31.6. The Morgan fingerprint density at radius 1 is 1.33 bits per heavy atom. The number of aryl methyl sites for hydroxylation is 1. The molecule has 2 nitrogen and oxygen atoms in total. The topological polar surface area (TPSA) is 32.3 Å². The summed E-state index contributed by atoms with van der Waals surface area (Å²) in [5.74, 6) is 0.449. The number of rotatable bonds is 3. The van der Waals surface area contributed by atoms with E-state index < -0.39 is 0 Å². The molecule has 0 amide bonds. The molecular weight excluding hydrogens is 266 g/mol. The largest absolute Gasteiger partial charge is 0.393 e. The van der Waals surface area contributed by atoms with Crippen LogP contribution in [0.3, 0.4) is 0 Å². The third-order valence-electron chi connectivity index (χ3n) is 4.33. The van der Waals surface area contributed by atoms with Crippen LogP contribution >= 0.6 is 22.9 Å². The highest BCUT2D eigenvalue weighted by atomic mass is 35.5. The van der Waals surface area contributed by atoms with Gasteiger partial charge in [0, 0.05) is 17.5 Å². The maximum Gasteiger partial charge on any atom is 0.0934 e. The van der Waals surface area contributed by atoms with Gasteiger partial charge in [-0.15, -0.1) is 11.3 Å². The summed E-state index contributed by atoms with van der Waals surface area (Å²) in [7, 11) is 0. The number of nitrogens with one attached hydrogen (secondary N) is 1. The molecule has 0 radical (unpaired) electrons. The Balaban J connectivity index is 1.63. The first kappa shape index (κ1) is 12.9. The van der Waals surface area contributed by atoms with Gasteiger partial charge in [-0.3, -0.25) is 0 Å². The first-order valence-corrected chi connectivity index (χ1v) is 8.13. The predicted molar refractivity (Wildman–Crippen MR) is 76.4 cm³/mol. The van der Waals surface area contributed by atoms with Crippen LogP contribution in [0.4, 0.5) is 0 Å². The Morgan fingerprint density at radius 3 is 3.00 bits per heavy atom. The molecule has 0 aromatic carbocycles. The molecule has 4 heteroatoms. The predicted octanol–water partition coefficient (Wildman–Crippen LogP) is 3.53. The monoisotopic (exact) mass is 285 g/mol. The highest BCUT2D eigenvalue weighted by molar-refractivity contribution is 7.16. The van der Waals surface area contributed by atoms with E-state index >= 15 is 0 Å². The summed E-state index contributed by atoms with van der Waals surface area (Å²) in [5.41, 5.74) is 1.41. The van der Waals surface area contributed by atoms with Crippen LogP contribution in [0.2, 0.25) is 4.34 Å². The summed E-state index contributed by atoms with van der Waals surface area (Å²) in [5, 5.41) is 13.5. The minimum absolute atomic E-state index is 0.0911. The highest BCUT2D eigenvalue weighted by Crippen LogP contribution is 2.38. The van der Waals surface area contributed by atoms with Crippen molar-refractivity contribution in [1.29, 1.82) is 0 Å². The molecule has 2 N–H and O–H groups in total. The minimum Gasteiger partial charge on any atom is -0.393 e. The van der Waals surface area contributed by atoms with Crippen LogP contribution in [0.5, 0.6) is 0 Å². The van der Waals surface area contributed by atoms with Crippen LogP contribution < -0.4 is 5.32 Å². The van der Waals surface area contributed by atoms with E-state index in [2.05, 4.69) is 11.4 Å². The molecule has 18 heavy (non-hydrogen) atoms. The fourth-order valence-corrected chi connectivity index (χ4v) is 4.67. The Morgan fingerprint density at radius 2 is 2.22 bits per heavy atom. The fraction of sp³-hybridized carbons (Fsp3) is 0.714. The SMILES string of the molecule is OC1CCCC1CNC1CCCc2sc(Cl)cc21. The summed E-state index contributed by atoms with van der Waals surface area (Å²) in [6.07, 6.45) is 6.85. The summed E-state index contributed by atoms with van der Waals surface area (Å²) in [6.45, 7) is 0.943. The third kappa shape index (κ3) is 2.60. The zero-order valence-corrected chi connectivity index (χ0v) is 12.1. The molecule has 0 bridgehead atoms. The molecule has 1 fully saturated rings. The zero-order chi connectivity index (χ0) is 12.5. The number of fused-ring (bicyclic) bond motifs is 1. The average molecular weight is 286 g/mol. The lowest BCUT2D eigenvalue weighted by Gasteiger charge is -2.26. The van der Waals surface area contributed by atoms with Gasteiger partial charge >= 0.3 is 0 Å². The second-order valence-corrected chi connectivity index (χ2v) is 7.31. The third-order valence-corrected chi connectivity index (χ3v) is 5.67. The lowest BCUT2D eigenvalue weighted by atomic mass is 9.93. The van der Waals surface area contributed by atoms with Gasteiger partial charge in [-0.05, 0) is 49.7 Å². The van der Waals surface area contributed by atoms with E-state index in [1.807, 2.05) is 0 Å². The van der Waals surface area contributed by atoms with Crippen LogP contribution in [0.1, 0.15) is 48.6 Å². The van der Waals surface area contributed by atoms with E-state index in [0.717, 1.165) is 23.7 Å². The molecular formula is C14H20ClNOS. The van der Waals surface area contributed by atoms with Gasteiger partial charge in [0.05, 0.1) is 10.4 Å². The molecule has 1 saturated carbocycles. The van der Waals surface area contributed by atoms with Gasteiger partial charge in [-0.25, -0.2) is 0 Å². The van der Waals surface area contributed by atoms with E-state index in [1.165, 1.54) is 36.1 Å². The van der Waals surface area contributed by atoms with E-state index in [4.69, 9.17) is 11.6 Å². The van der Waals surface area contributed by atoms with Crippen LogP contribution in [-0.2, 0) is 6.42 Å². The van der Waals surface area contributed by atoms with Crippen molar-refractivity contribution in [2.24, 2.45) is 5.92 Å². The van der Waals surface area contributed by atoms with Gasteiger partial charge in [0.15, 0.2) is 0 Å². The zero-order valence-electron chi connectivity index (χ0n) is 10.5. The molecule has 1 heterocycles. The van der Waals surface area contributed by atoms with Crippen molar-refractivity contribution < 1.29 is 5.11 Å². The number of thiophene rings is 1. The Kier molecular flexibility index (Phi) is 3.94. The Labute approximate surface area is 117 Å². The van der Waals surface area contributed by atoms with Gasteiger partial charge in [0.25, 0.3) is 0 Å². The van der Waals surface area contributed by atoms with Gasteiger partial charge in [0.2, 0.25) is 0 Å². The lowest BCUT2D eigenvalue weighted by Crippen LogP contribution is -2.32. The number of aliphatic hydroxyl groups excluding tert-OH is 1. The van der Waals surface area contributed by atoms with Crippen molar-refractivity contribution in [3.8, 4) is 0 Å². The molecule has 1 aromatic heterocycles. The summed E-state index contributed by atoms with van der Waals surface area (Å²) in [4.78, 5) is 1.45. The van der Waals surface area contributed by atoms with Crippen molar-refractivity contribution in [2.75, 3.05) is 6.54 Å². The maximum absolute atomic E-state index is 9.86. The smallest absolute Gasteiger partial charge is 0.0934 e. The van der Waals surface area contributed by atoms with E-state index in [0.29, 0.717) is 12.0 Å². The average Bonchev–Trinajstić information content (AvgIpc) is 2.91. The van der Waals surface area contributed by atoms with Gasteiger partial charge in [0.1, 0.15) is 0 Å². The van der Waals surface area contributed by atoms with Crippen LogP contribution in [0.15, 0.2) is 6.07 Å². The van der Waals surface area contributed by atoms with Gasteiger partial charge in [-0.1, -0.05) is 18.0 Å². The maximum atomic E-state index is 9.86. The molecule has 100 valence electrons. The molecule has 3 unspecified atom stereocenters. The molecule has 3 rings (SSSR count). The second-order valence-electron chi connectivity index (χ2n) is 5.54. The number of halogens is 1.